The van der Waals surface area contributed by atoms with Crippen LogP contribution in [0.5, 0.6) is 0 Å². The molecule has 0 aliphatic carbocycles. The lowest BCUT2D eigenvalue weighted by molar-refractivity contribution is 0.0187. The second-order valence-corrected chi connectivity index (χ2v) is 7.49. The standard InChI is InChI=1S/C22H24FNO2/c1-24-18-11-12-21(24)20(14-26-22(25)16-5-3-2-4-6-16)19(13-18)15-7-9-17(23)10-8-15/h2-10,18-21H,11-14H2,1H3/t18?,19-,20+,21-/m1/s1. The van der Waals surface area contributed by atoms with Gasteiger partial charge in [-0.3, -0.25) is 0 Å². The number of carbonyl (C=O) groups excluding carboxylic acids is 1. The molecule has 3 nitrogen and oxygen atoms in total. The van der Waals surface area contributed by atoms with Crippen molar-refractivity contribution in [3.05, 3.63) is 71.5 Å². The van der Waals surface area contributed by atoms with E-state index in [0.717, 1.165) is 18.4 Å². The fourth-order valence-electron chi connectivity index (χ4n) is 4.73. The second-order valence-electron chi connectivity index (χ2n) is 7.49. The molecule has 2 heterocycles. The molecule has 0 radical (unpaired) electrons. The maximum Gasteiger partial charge on any atom is 0.338 e. The number of carbonyl (C=O) groups is 1. The molecule has 0 amide bonds. The summed E-state index contributed by atoms with van der Waals surface area (Å²) < 4.78 is 19.0. The molecule has 2 aliphatic rings. The van der Waals surface area contributed by atoms with Crippen LogP contribution in [0.2, 0.25) is 0 Å². The lowest BCUT2D eigenvalue weighted by Crippen LogP contribution is -2.47. The highest BCUT2D eigenvalue weighted by atomic mass is 19.1. The molecule has 0 spiro atoms. The first kappa shape index (κ1) is 17.2. The topological polar surface area (TPSA) is 29.5 Å². The number of hydrogen-bond donors (Lipinski definition) is 0. The molecule has 0 saturated carbocycles. The Labute approximate surface area is 153 Å². The van der Waals surface area contributed by atoms with Crippen LogP contribution in [-0.2, 0) is 4.74 Å². The molecule has 0 aromatic heterocycles. The Morgan fingerprint density at radius 2 is 1.85 bits per heavy atom. The van der Waals surface area contributed by atoms with E-state index in [1.165, 1.54) is 18.6 Å². The van der Waals surface area contributed by atoms with E-state index in [9.17, 15) is 9.18 Å². The predicted octanol–water partition coefficient (Wildman–Crippen LogP) is 4.25. The molecule has 1 unspecified atom stereocenters. The third-order valence-corrected chi connectivity index (χ3v) is 6.15. The van der Waals surface area contributed by atoms with E-state index in [1.54, 1.807) is 12.1 Å². The Hall–Kier alpha value is -2.20. The van der Waals surface area contributed by atoms with Crippen LogP contribution in [0.1, 0.15) is 41.1 Å². The van der Waals surface area contributed by atoms with Gasteiger partial charge in [-0.25, -0.2) is 9.18 Å². The third-order valence-electron chi connectivity index (χ3n) is 6.15. The van der Waals surface area contributed by atoms with Crippen molar-refractivity contribution in [3.8, 4) is 0 Å². The van der Waals surface area contributed by atoms with Crippen molar-refractivity contribution < 1.29 is 13.9 Å². The number of piperidine rings is 1. The van der Waals surface area contributed by atoms with Gasteiger partial charge in [0, 0.05) is 18.0 Å². The van der Waals surface area contributed by atoms with Crippen LogP contribution in [0.15, 0.2) is 54.6 Å². The average Bonchev–Trinajstić information content (AvgIpc) is 2.91. The summed E-state index contributed by atoms with van der Waals surface area (Å²) in [5, 5.41) is 0. The summed E-state index contributed by atoms with van der Waals surface area (Å²) in [5.74, 6) is 0.0488. The Kier molecular flexibility index (Phi) is 4.77. The number of ether oxygens (including phenoxy) is 1. The highest BCUT2D eigenvalue weighted by Crippen LogP contribution is 2.46. The fourth-order valence-corrected chi connectivity index (χ4v) is 4.73. The zero-order valence-electron chi connectivity index (χ0n) is 15.0. The van der Waals surface area contributed by atoms with Crippen LogP contribution in [0, 0.1) is 11.7 Å². The SMILES string of the molecule is CN1C2CC[C@@H]1[C@@H](COC(=O)c1ccccc1)[C@@H](c1ccc(F)cc1)C2. The molecule has 2 saturated heterocycles. The van der Waals surface area contributed by atoms with Crippen LogP contribution in [0.3, 0.4) is 0 Å². The lowest BCUT2D eigenvalue weighted by Gasteiger charge is -2.43. The van der Waals surface area contributed by atoms with Crippen molar-refractivity contribution in [2.75, 3.05) is 13.7 Å². The van der Waals surface area contributed by atoms with Crippen LogP contribution >= 0.6 is 0 Å². The van der Waals surface area contributed by atoms with E-state index >= 15 is 0 Å². The quantitative estimate of drug-likeness (QED) is 0.770. The third kappa shape index (κ3) is 3.26. The first-order valence-corrected chi connectivity index (χ1v) is 9.33. The van der Waals surface area contributed by atoms with Crippen molar-refractivity contribution >= 4 is 5.97 Å². The molecule has 2 bridgehead atoms. The normalized spacial score (nSPS) is 28.1. The number of nitrogens with zero attached hydrogens (tertiary/aromatic N) is 1. The Morgan fingerprint density at radius 1 is 1.12 bits per heavy atom. The lowest BCUT2D eigenvalue weighted by atomic mass is 9.76. The Morgan fingerprint density at radius 3 is 2.58 bits per heavy atom. The van der Waals surface area contributed by atoms with Crippen LogP contribution in [-0.4, -0.2) is 36.6 Å². The summed E-state index contributed by atoms with van der Waals surface area (Å²) in [5.41, 5.74) is 1.73. The summed E-state index contributed by atoms with van der Waals surface area (Å²) in [6, 6.07) is 16.9. The van der Waals surface area contributed by atoms with E-state index in [0.29, 0.717) is 30.2 Å². The molecule has 2 aromatic rings. The van der Waals surface area contributed by atoms with E-state index in [-0.39, 0.29) is 17.7 Å². The first-order valence-electron chi connectivity index (χ1n) is 9.33. The predicted molar refractivity (Wildman–Crippen MR) is 98.5 cm³/mol. The Balaban J connectivity index is 1.53. The van der Waals surface area contributed by atoms with Crippen molar-refractivity contribution in [2.45, 2.75) is 37.3 Å². The minimum Gasteiger partial charge on any atom is -0.462 e. The highest BCUT2D eigenvalue weighted by Gasteiger charge is 2.46. The maximum absolute atomic E-state index is 13.3. The van der Waals surface area contributed by atoms with Gasteiger partial charge in [-0.05, 0) is 62.1 Å². The van der Waals surface area contributed by atoms with Gasteiger partial charge in [0.1, 0.15) is 5.82 Å². The molecule has 2 aromatic carbocycles. The van der Waals surface area contributed by atoms with Crippen molar-refractivity contribution in [1.29, 1.82) is 0 Å². The van der Waals surface area contributed by atoms with Gasteiger partial charge in [0.05, 0.1) is 12.2 Å². The van der Waals surface area contributed by atoms with Gasteiger partial charge >= 0.3 is 5.97 Å². The zero-order valence-corrected chi connectivity index (χ0v) is 15.0. The number of halogens is 1. The summed E-state index contributed by atoms with van der Waals surface area (Å²) in [6.45, 7) is 0.400. The Bertz CT molecular complexity index is 761. The number of hydrogen-bond acceptors (Lipinski definition) is 3. The van der Waals surface area contributed by atoms with Gasteiger partial charge < -0.3 is 9.64 Å². The molecule has 4 heteroatoms. The molecular weight excluding hydrogens is 329 g/mol. The highest BCUT2D eigenvalue weighted by molar-refractivity contribution is 5.89. The van der Waals surface area contributed by atoms with Gasteiger partial charge in [-0.2, -0.15) is 0 Å². The molecule has 136 valence electrons. The summed E-state index contributed by atoms with van der Waals surface area (Å²) >= 11 is 0. The summed E-state index contributed by atoms with van der Waals surface area (Å²) in [4.78, 5) is 14.8. The molecule has 0 N–H and O–H groups in total. The largest absolute Gasteiger partial charge is 0.462 e. The van der Waals surface area contributed by atoms with Crippen molar-refractivity contribution in [3.63, 3.8) is 0 Å². The number of rotatable bonds is 4. The zero-order chi connectivity index (χ0) is 18.1. The van der Waals surface area contributed by atoms with Gasteiger partial charge in [-0.1, -0.05) is 30.3 Å². The molecular formula is C22H24FNO2. The van der Waals surface area contributed by atoms with Crippen LogP contribution in [0.25, 0.3) is 0 Å². The van der Waals surface area contributed by atoms with E-state index in [4.69, 9.17) is 4.74 Å². The minimum absolute atomic E-state index is 0.211. The van der Waals surface area contributed by atoms with Gasteiger partial charge in [-0.15, -0.1) is 0 Å². The van der Waals surface area contributed by atoms with Gasteiger partial charge in [0.25, 0.3) is 0 Å². The first-order chi connectivity index (χ1) is 12.6. The van der Waals surface area contributed by atoms with E-state index in [1.807, 2.05) is 30.3 Å². The van der Waals surface area contributed by atoms with E-state index in [2.05, 4.69) is 11.9 Å². The minimum atomic E-state index is -0.272. The van der Waals surface area contributed by atoms with Crippen LogP contribution in [0.4, 0.5) is 4.39 Å². The molecule has 26 heavy (non-hydrogen) atoms. The molecule has 4 atom stereocenters. The fraction of sp³-hybridized carbons (Fsp3) is 0.409. The van der Waals surface area contributed by atoms with E-state index < -0.39 is 0 Å². The van der Waals surface area contributed by atoms with Crippen molar-refractivity contribution in [2.24, 2.45) is 5.92 Å². The van der Waals surface area contributed by atoms with Crippen molar-refractivity contribution in [1.82, 2.24) is 4.90 Å². The van der Waals surface area contributed by atoms with Crippen LogP contribution < -0.4 is 0 Å². The summed E-state index contributed by atoms with van der Waals surface area (Å²) in [7, 11) is 2.18. The average molecular weight is 353 g/mol. The van der Waals surface area contributed by atoms with Gasteiger partial charge in [0.15, 0.2) is 0 Å². The number of fused-ring (bicyclic) bond motifs is 2. The second kappa shape index (κ2) is 7.20. The maximum atomic E-state index is 13.3. The molecule has 2 aliphatic heterocycles. The summed E-state index contributed by atoms with van der Waals surface area (Å²) in [6.07, 6.45) is 3.35. The molecule has 4 rings (SSSR count). The number of esters is 1. The number of benzene rings is 2. The smallest absolute Gasteiger partial charge is 0.338 e. The molecule has 2 fully saturated rings. The van der Waals surface area contributed by atoms with Gasteiger partial charge in [0.2, 0.25) is 0 Å². The monoisotopic (exact) mass is 353 g/mol.